The minimum atomic E-state index is -0.499. The summed E-state index contributed by atoms with van der Waals surface area (Å²) in [5.74, 6) is 0.737. The van der Waals surface area contributed by atoms with Crippen molar-refractivity contribution in [2.24, 2.45) is 0 Å². The summed E-state index contributed by atoms with van der Waals surface area (Å²) >= 11 is 3.43. The summed E-state index contributed by atoms with van der Waals surface area (Å²) in [6, 6.07) is 7.68. The van der Waals surface area contributed by atoms with Crippen LogP contribution in [0.3, 0.4) is 0 Å². The van der Waals surface area contributed by atoms with Crippen LogP contribution < -0.4 is 4.74 Å². The van der Waals surface area contributed by atoms with Gasteiger partial charge in [-0.05, 0) is 30.7 Å². The number of aliphatic hydroxyl groups excluding tert-OH is 1. The fourth-order valence-corrected chi connectivity index (χ4v) is 2.76. The molecule has 0 bridgehead atoms. The third-order valence-corrected chi connectivity index (χ3v) is 3.96. The monoisotopic (exact) mass is 319 g/mol. The first-order chi connectivity index (χ1) is 9.15. The number of ether oxygens (including phenoxy) is 1. The lowest BCUT2D eigenvalue weighted by molar-refractivity contribution is 0.0652. The van der Waals surface area contributed by atoms with Gasteiger partial charge in [0.1, 0.15) is 11.9 Å². The van der Waals surface area contributed by atoms with Crippen molar-refractivity contribution >= 4 is 15.9 Å². The molecule has 1 aromatic carbocycles. The van der Waals surface area contributed by atoms with Crippen molar-refractivity contribution in [3.05, 3.63) is 57.8 Å². The van der Waals surface area contributed by atoms with Gasteiger partial charge in [-0.2, -0.15) is 0 Å². The first kappa shape index (κ1) is 12.6. The second-order valence-electron chi connectivity index (χ2n) is 4.77. The number of halogens is 1. The molecule has 4 heteroatoms. The number of aliphatic hydroxyl groups is 1. The van der Waals surface area contributed by atoms with Crippen molar-refractivity contribution in [3.63, 3.8) is 0 Å². The Morgan fingerprint density at radius 3 is 2.95 bits per heavy atom. The van der Waals surface area contributed by atoms with Crippen molar-refractivity contribution in [1.82, 2.24) is 4.98 Å². The number of rotatable bonds is 1. The lowest BCUT2D eigenvalue weighted by atomic mass is 9.94. The van der Waals surface area contributed by atoms with Crippen LogP contribution in [0.4, 0.5) is 0 Å². The molecule has 1 unspecified atom stereocenters. The molecule has 1 N–H and O–H groups in total. The molecule has 19 heavy (non-hydrogen) atoms. The quantitative estimate of drug-likeness (QED) is 0.871. The lowest BCUT2D eigenvalue weighted by Crippen LogP contribution is -2.19. The lowest BCUT2D eigenvalue weighted by Gasteiger charge is -2.30. The minimum absolute atomic E-state index is 0.148. The number of benzene rings is 1. The van der Waals surface area contributed by atoms with E-state index in [2.05, 4.69) is 20.9 Å². The maximum Gasteiger partial charge on any atom is 0.128 e. The molecular weight excluding hydrogens is 306 g/mol. The minimum Gasteiger partial charge on any atom is -0.485 e. The van der Waals surface area contributed by atoms with Gasteiger partial charge in [0, 0.05) is 34.4 Å². The molecule has 0 saturated carbocycles. The molecular formula is C15H14BrNO2. The standard InChI is InChI=1S/C15H14BrNO2/c1-9-4-5-17-8-12(9)15-7-13(18)11-3-2-10(16)6-14(11)19-15/h2-6,8,13,15,18H,7H2,1H3/t13-,15?/m0/s1. The van der Waals surface area contributed by atoms with Gasteiger partial charge < -0.3 is 9.84 Å². The highest BCUT2D eigenvalue weighted by atomic mass is 79.9. The van der Waals surface area contributed by atoms with Gasteiger partial charge in [-0.1, -0.05) is 22.0 Å². The Labute approximate surface area is 120 Å². The molecule has 3 rings (SSSR count). The van der Waals surface area contributed by atoms with Crippen molar-refractivity contribution in [3.8, 4) is 5.75 Å². The highest BCUT2D eigenvalue weighted by molar-refractivity contribution is 9.10. The fraction of sp³-hybridized carbons (Fsp3) is 0.267. The highest BCUT2D eigenvalue weighted by Gasteiger charge is 2.29. The molecule has 98 valence electrons. The number of fused-ring (bicyclic) bond motifs is 1. The van der Waals surface area contributed by atoms with Crippen LogP contribution in [0.2, 0.25) is 0 Å². The van der Waals surface area contributed by atoms with E-state index in [1.807, 2.05) is 37.4 Å². The largest absolute Gasteiger partial charge is 0.485 e. The summed E-state index contributed by atoms with van der Waals surface area (Å²) in [4.78, 5) is 4.15. The van der Waals surface area contributed by atoms with E-state index >= 15 is 0 Å². The fourth-order valence-electron chi connectivity index (χ4n) is 2.42. The molecule has 0 aliphatic carbocycles. The first-order valence-electron chi connectivity index (χ1n) is 6.20. The molecule has 0 saturated heterocycles. The Balaban J connectivity index is 1.99. The molecule has 2 atom stereocenters. The topological polar surface area (TPSA) is 42.4 Å². The molecule has 2 aromatic rings. The average molecular weight is 320 g/mol. The Kier molecular flexibility index (Phi) is 3.29. The summed E-state index contributed by atoms with van der Waals surface area (Å²) in [6.45, 7) is 2.03. The van der Waals surface area contributed by atoms with Crippen molar-refractivity contribution in [2.75, 3.05) is 0 Å². The Hall–Kier alpha value is -1.39. The molecule has 1 aliphatic rings. The first-order valence-corrected chi connectivity index (χ1v) is 6.99. The maximum atomic E-state index is 10.3. The molecule has 0 amide bonds. The highest BCUT2D eigenvalue weighted by Crippen LogP contribution is 2.42. The number of hydrogen-bond donors (Lipinski definition) is 1. The normalized spacial score (nSPS) is 21.6. The smallest absolute Gasteiger partial charge is 0.128 e. The third-order valence-electron chi connectivity index (χ3n) is 3.47. The second kappa shape index (κ2) is 4.94. The van der Waals surface area contributed by atoms with Crippen LogP contribution in [0.1, 0.15) is 35.3 Å². The van der Waals surface area contributed by atoms with E-state index in [1.165, 1.54) is 0 Å². The number of nitrogens with zero attached hydrogens (tertiary/aromatic N) is 1. The Morgan fingerprint density at radius 2 is 2.16 bits per heavy atom. The molecule has 0 radical (unpaired) electrons. The van der Waals surface area contributed by atoms with E-state index < -0.39 is 6.10 Å². The SMILES string of the molecule is Cc1ccncc1C1C[C@H](O)c2ccc(Br)cc2O1. The van der Waals surface area contributed by atoms with E-state index in [4.69, 9.17) is 4.74 Å². The van der Waals surface area contributed by atoms with E-state index in [-0.39, 0.29) is 6.10 Å². The van der Waals surface area contributed by atoms with Gasteiger partial charge in [0.05, 0.1) is 6.10 Å². The molecule has 0 spiro atoms. The van der Waals surface area contributed by atoms with Crippen LogP contribution in [0, 0.1) is 6.92 Å². The van der Waals surface area contributed by atoms with Crippen LogP contribution in [0.5, 0.6) is 5.75 Å². The number of hydrogen-bond acceptors (Lipinski definition) is 3. The van der Waals surface area contributed by atoms with Crippen LogP contribution in [0.15, 0.2) is 41.1 Å². The molecule has 0 fully saturated rings. The number of pyridine rings is 1. The van der Waals surface area contributed by atoms with Gasteiger partial charge in [-0.3, -0.25) is 4.98 Å². The number of aromatic nitrogens is 1. The van der Waals surface area contributed by atoms with Gasteiger partial charge >= 0.3 is 0 Å². The zero-order valence-corrected chi connectivity index (χ0v) is 12.1. The van der Waals surface area contributed by atoms with E-state index in [1.54, 1.807) is 6.20 Å². The van der Waals surface area contributed by atoms with Crippen LogP contribution in [-0.2, 0) is 0 Å². The predicted molar refractivity (Wildman–Crippen MR) is 76.1 cm³/mol. The van der Waals surface area contributed by atoms with E-state index in [0.717, 1.165) is 26.9 Å². The van der Waals surface area contributed by atoms with E-state index in [0.29, 0.717) is 6.42 Å². The Morgan fingerprint density at radius 1 is 1.32 bits per heavy atom. The van der Waals surface area contributed by atoms with Gasteiger partial charge in [0.2, 0.25) is 0 Å². The van der Waals surface area contributed by atoms with E-state index in [9.17, 15) is 5.11 Å². The maximum absolute atomic E-state index is 10.3. The van der Waals surface area contributed by atoms with Crippen LogP contribution >= 0.6 is 15.9 Å². The van der Waals surface area contributed by atoms with Crippen LogP contribution in [-0.4, -0.2) is 10.1 Å². The third kappa shape index (κ3) is 2.38. The molecule has 1 aliphatic heterocycles. The van der Waals surface area contributed by atoms with Crippen molar-refractivity contribution < 1.29 is 9.84 Å². The van der Waals surface area contributed by atoms with Gasteiger partial charge in [0.15, 0.2) is 0 Å². The molecule has 2 heterocycles. The van der Waals surface area contributed by atoms with Crippen LogP contribution in [0.25, 0.3) is 0 Å². The predicted octanol–water partition coefficient (Wildman–Crippen LogP) is 3.71. The summed E-state index contributed by atoms with van der Waals surface area (Å²) in [5, 5.41) is 10.3. The molecule has 3 nitrogen and oxygen atoms in total. The average Bonchev–Trinajstić information content (AvgIpc) is 2.38. The summed E-state index contributed by atoms with van der Waals surface area (Å²) in [6.07, 6.45) is 3.49. The van der Waals surface area contributed by atoms with Crippen molar-refractivity contribution in [2.45, 2.75) is 25.6 Å². The summed E-state index contributed by atoms with van der Waals surface area (Å²) in [5.41, 5.74) is 3.01. The Bertz CT molecular complexity index is 615. The van der Waals surface area contributed by atoms with Gasteiger partial charge in [0.25, 0.3) is 0 Å². The zero-order chi connectivity index (χ0) is 13.4. The summed E-state index contributed by atoms with van der Waals surface area (Å²) in [7, 11) is 0. The second-order valence-corrected chi connectivity index (χ2v) is 5.69. The number of aryl methyl sites for hydroxylation is 1. The van der Waals surface area contributed by atoms with Crippen molar-refractivity contribution in [1.29, 1.82) is 0 Å². The zero-order valence-electron chi connectivity index (χ0n) is 10.5. The van der Waals surface area contributed by atoms with Gasteiger partial charge in [-0.25, -0.2) is 0 Å². The summed E-state index contributed by atoms with van der Waals surface area (Å²) < 4.78 is 6.97. The van der Waals surface area contributed by atoms with Gasteiger partial charge in [-0.15, -0.1) is 0 Å². The molecule has 1 aromatic heterocycles.